The van der Waals surface area contributed by atoms with Crippen molar-refractivity contribution in [2.24, 2.45) is 5.92 Å². The molecular formula is C33H34N6O2. The zero-order valence-electron chi connectivity index (χ0n) is 23.2. The van der Waals surface area contributed by atoms with Crippen molar-refractivity contribution in [3.05, 3.63) is 66.0 Å². The van der Waals surface area contributed by atoms with E-state index in [1.54, 1.807) is 6.07 Å². The first kappa shape index (κ1) is 25.6. The zero-order valence-corrected chi connectivity index (χ0v) is 23.2. The molecule has 2 aliphatic heterocycles. The van der Waals surface area contributed by atoms with Crippen molar-refractivity contribution in [1.82, 2.24) is 14.8 Å². The average Bonchev–Trinajstić information content (AvgIpc) is 3.65. The van der Waals surface area contributed by atoms with Crippen molar-refractivity contribution < 1.29 is 9.90 Å². The van der Waals surface area contributed by atoms with Crippen molar-refractivity contribution in [2.45, 2.75) is 50.9 Å². The number of carboxylic acids is 1. The van der Waals surface area contributed by atoms with Gasteiger partial charge in [-0.05, 0) is 86.1 Å². The normalized spacial score (nSPS) is 18.0. The molecule has 1 aliphatic carbocycles. The molecule has 1 saturated carbocycles. The maximum Gasteiger partial charge on any atom is 0.354 e. The van der Waals surface area contributed by atoms with Crippen LogP contribution in [0, 0.1) is 17.2 Å². The summed E-state index contributed by atoms with van der Waals surface area (Å²) in [5, 5.41) is 25.4. The van der Waals surface area contributed by atoms with Crippen LogP contribution in [-0.4, -0.2) is 52.0 Å². The largest absolute Gasteiger partial charge is 0.477 e. The molecule has 2 saturated heterocycles. The molecule has 41 heavy (non-hydrogen) atoms. The van der Waals surface area contributed by atoms with E-state index in [0.29, 0.717) is 11.6 Å². The van der Waals surface area contributed by atoms with Gasteiger partial charge in [-0.2, -0.15) is 10.4 Å². The number of rotatable bonds is 6. The first-order valence-electron chi connectivity index (χ1n) is 14.9. The van der Waals surface area contributed by atoms with E-state index in [9.17, 15) is 15.2 Å². The number of pyridine rings is 1. The third-order valence-electron chi connectivity index (χ3n) is 9.14. The van der Waals surface area contributed by atoms with Gasteiger partial charge in [-0.15, -0.1) is 0 Å². The monoisotopic (exact) mass is 546 g/mol. The molecule has 208 valence electrons. The van der Waals surface area contributed by atoms with E-state index in [0.717, 1.165) is 91.1 Å². The smallest absolute Gasteiger partial charge is 0.354 e. The van der Waals surface area contributed by atoms with Crippen LogP contribution in [0.25, 0.3) is 27.8 Å². The molecule has 2 aromatic carbocycles. The number of hydrogen-bond donors (Lipinski definition) is 1. The van der Waals surface area contributed by atoms with E-state index in [-0.39, 0.29) is 11.6 Å². The Morgan fingerprint density at radius 2 is 1.56 bits per heavy atom. The molecule has 0 bridgehead atoms. The van der Waals surface area contributed by atoms with Crippen LogP contribution in [0.2, 0.25) is 0 Å². The van der Waals surface area contributed by atoms with Gasteiger partial charge in [0.05, 0.1) is 22.8 Å². The molecule has 0 atom stereocenters. The Morgan fingerprint density at radius 1 is 0.854 bits per heavy atom. The molecule has 4 aromatic rings. The third-order valence-corrected chi connectivity index (χ3v) is 9.14. The minimum absolute atomic E-state index is 0.0205. The van der Waals surface area contributed by atoms with E-state index in [1.807, 2.05) is 10.7 Å². The van der Waals surface area contributed by atoms with Crippen LogP contribution in [0.5, 0.6) is 0 Å². The fourth-order valence-electron chi connectivity index (χ4n) is 6.54. The van der Waals surface area contributed by atoms with Crippen LogP contribution in [0.4, 0.5) is 11.4 Å². The van der Waals surface area contributed by atoms with Gasteiger partial charge >= 0.3 is 5.97 Å². The van der Waals surface area contributed by atoms with Crippen molar-refractivity contribution in [3.8, 4) is 22.9 Å². The highest BCUT2D eigenvalue weighted by molar-refractivity contribution is 6.00. The van der Waals surface area contributed by atoms with Gasteiger partial charge in [0.2, 0.25) is 0 Å². The lowest BCUT2D eigenvalue weighted by Gasteiger charge is -2.31. The van der Waals surface area contributed by atoms with Crippen LogP contribution in [0.1, 0.15) is 67.0 Å². The number of carboxylic acid groups (broad SMARTS) is 1. The van der Waals surface area contributed by atoms with E-state index in [1.165, 1.54) is 19.3 Å². The highest BCUT2D eigenvalue weighted by Crippen LogP contribution is 2.43. The number of carbonyl (C=O) groups is 1. The Hall–Kier alpha value is -4.38. The van der Waals surface area contributed by atoms with Crippen LogP contribution < -0.4 is 9.80 Å². The molecule has 1 N–H and O–H groups in total. The maximum absolute atomic E-state index is 12.3. The molecule has 0 unspecified atom stereocenters. The molecule has 3 aliphatic rings. The van der Waals surface area contributed by atoms with E-state index in [4.69, 9.17) is 5.10 Å². The standard InChI is InChI=1S/C33H34N6O2/c34-21-22-13-17-38(18-14-22)25-11-9-23(10-12-25)28-20-29(33(40)41)35-32-30(28)31(24-5-3-6-24)36-39(32)27-8-4-7-26(19-27)37-15-1-2-16-37/h4,7-12,19-20,22,24H,1-3,5-6,13-18H2,(H,40,41). The SMILES string of the molecule is N#CC1CCN(c2ccc(-c3cc(C(=O)O)nc4c3c(C3CCC3)nn4-c3cccc(N4CCCC4)c3)cc2)CC1. The van der Waals surface area contributed by atoms with Crippen LogP contribution in [0.15, 0.2) is 54.6 Å². The second kappa shape index (κ2) is 10.5. The lowest BCUT2D eigenvalue weighted by atomic mass is 9.81. The lowest BCUT2D eigenvalue weighted by molar-refractivity contribution is 0.0691. The summed E-state index contributed by atoms with van der Waals surface area (Å²) in [6.45, 7) is 3.84. The molecule has 3 fully saturated rings. The predicted molar refractivity (Wildman–Crippen MR) is 160 cm³/mol. The number of fused-ring (bicyclic) bond motifs is 1. The van der Waals surface area contributed by atoms with Crippen molar-refractivity contribution >= 4 is 28.4 Å². The molecule has 0 spiro atoms. The van der Waals surface area contributed by atoms with Gasteiger partial charge < -0.3 is 14.9 Å². The molecule has 0 amide bonds. The number of anilines is 2. The van der Waals surface area contributed by atoms with Crippen LogP contribution >= 0.6 is 0 Å². The van der Waals surface area contributed by atoms with Gasteiger partial charge in [0.15, 0.2) is 11.3 Å². The number of aromatic carboxylic acids is 1. The summed E-state index contributed by atoms with van der Waals surface area (Å²) in [7, 11) is 0. The summed E-state index contributed by atoms with van der Waals surface area (Å²) in [6, 6.07) is 20.9. The van der Waals surface area contributed by atoms with Crippen molar-refractivity contribution in [3.63, 3.8) is 0 Å². The highest BCUT2D eigenvalue weighted by atomic mass is 16.4. The van der Waals surface area contributed by atoms with Crippen molar-refractivity contribution in [2.75, 3.05) is 36.0 Å². The van der Waals surface area contributed by atoms with Gasteiger partial charge in [-0.25, -0.2) is 14.5 Å². The summed E-state index contributed by atoms with van der Waals surface area (Å²) < 4.78 is 1.87. The summed E-state index contributed by atoms with van der Waals surface area (Å²) in [5.41, 5.74) is 6.66. The molecule has 8 heteroatoms. The zero-order chi connectivity index (χ0) is 27.9. The summed E-state index contributed by atoms with van der Waals surface area (Å²) in [4.78, 5) is 21.7. The van der Waals surface area contributed by atoms with Crippen LogP contribution in [0.3, 0.4) is 0 Å². The Kier molecular flexibility index (Phi) is 6.58. The van der Waals surface area contributed by atoms with Crippen molar-refractivity contribution in [1.29, 1.82) is 5.26 Å². The predicted octanol–water partition coefficient (Wildman–Crippen LogP) is 6.39. The Bertz CT molecular complexity index is 1630. The molecule has 7 rings (SSSR count). The Balaban J connectivity index is 1.34. The Morgan fingerprint density at radius 3 is 2.22 bits per heavy atom. The molecule has 0 radical (unpaired) electrons. The number of piperidine rings is 1. The molecule has 4 heterocycles. The second-order valence-corrected chi connectivity index (χ2v) is 11.6. The summed E-state index contributed by atoms with van der Waals surface area (Å²) >= 11 is 0. The number of aromatic nitrogens is 3. The minimum atomic E-state index is -1.05. The maximum atomic E-state index is 12.3. The lowest BCUT2D eigenvalue weighted by Crippen LogP contribution is -2.33. The number of benzene rings is 2. The quantitative estimate of drug-likeness (QED) is 0.299. The second-order valence-electron chi connectivity index (χ2n) is 11.6. The van der Waals surface area contributed by atoms with E-state index >= 15 is 0 Å². The van der Waals surface area contributed by atoms with Gasteiger partial charge in [0, 0.05) is 49.4 Å². The molecular weight excluding hydrogens is 512 g/mol. The van der Waals surface area contributed by atoms with Crippen LogP contribution in [-0.2, 0) is 0 Å². The fraction of sp³-hybridized carbons (Fsp3) is 0.394. The third kappa shape index (κ3) is 4.69. The highest BCUT2D eigenvalue weighted by Gasteiger charge is 2.30. The number of nitrogens with zero attached hydrogens (tertiary/aromatic N) is 6. The van der Waals surface area contributed by atoms with Gasteiger partial charge in [-0.3, -0.25) is 0 Å². The first-order chi connectivity index (χ1) is 20.1. The van der Waals surface area contributed by atoms with E-state index < -0.39 is 5.97 Å². The first-order valence-corrected chi connectivity index (χ1v) is 14.9. The van der Waals surface area contributed by atoms with Gasteiger partial charge in [0.1, 0.15) is 0 Å². The van der Waals surface area contributed by atoms with Gasteiger partial charge in [-0.1, -0.05) is 24.6 Å². The summed E-state index contributed by atoms with van der Waals surface area (Å²) in [6.07, 6.45) is 7.50. The molecule has 2 aromatic heterocycles. The van der Waals surface area contributed by atoms with Gasteiger partial charge in [0.25, 0.3) is 0 Å². The fourth-order valence-corrected chi connectivity index (χ4v) is 6.54. The minimum Gasteiger partial charge on any atom is -0.477 e. The summed E-state index contributed by atoms with van der Waals surface area (Å²) in [5.74, 6) is -0.561. The number of nitriles is 1. The average molecular weight is 547 g/mol. The topological polar surface area (TPSA) is 98.3 Å². The number of hydrogen-bond acceptors (Lipinski definition) is 6. The Labute approximate surface area is 239 Å². The molecule has 8 nitrogen and oxygen atoms in total. The van der Waals surface area contributed by atoms with E-state index in [2.05, 4.69) is 63.3 Å².